The summed E-state index contributed by atoms with van der Waals surface area (Å²) in [7, 11) is 0. The molecule has 0 radical (unpaired) electrons. The SMILES string of the molecule is NCC(N)CCCCCC(=O)O. The van der Waals surface area contributed by atoms with Gasteiger partial charge in [0.2, 0.25) is 0 Å². The number of nitrogens with two attached hydrogens (primary N) is 2. The molecule has 0 amide bonds. The minimum absolute atomic E-state index is 0.0785. The van der Waals surface area contributed by atoms with E-state index in [1.807, 2.05) is 0 Å². The Labute approximate surface area is 72.9 Å². The van der Waals surface area contributed by atoms with Gasteiger partial charge in [0.15, 0.2) is 0 Å². The number of carboxylic acids is 1. The molecule has 0 aliphatic rings. The topological polar surface area (TPSA) is 89.3 Å². The Balaban J connectivity index is 3.05. The van der Waals surface area contributed by atoms with E-state index in [0.717, 1.165) is 25.7 Å². The van der Waals surface area contributed by atoms with Crippen molar-refractivity contribution >= 4 is 5.97 Å². The maximum absolute atomic E-state index is 10.1. The Morgan fingerprint density at radius 2 is 2.00 bits per heavy atom. The second-order valence-corrected chi connectivity index (χ2v) is 2.99. The van der Waals surface area contributed by atoms with Gasteiger partial charge >= 0.3 is 5.97 Å². The zero-order valence-electron chi connectivity index (χ0n) is 7.33. The van der Waals surface area contributed by atoms with Crippen LogP contribution in [0.2, 0.25) is 0 Å². The predicted molar refractivity (Wildman–Crippen MR) is 47.8 cm³/mol. The molecule has 0 aromatic carbocycles. The highest BCUT2D eigenvalue weighted by Gasteiger charge is 2.00. The van der Waals surface area contributed by atoms with Gasteiger partial charge in [-0.1, -0.05) is 12.8 Å². The van der Waals surface area contributed by atoms with Crippen LogP contribution in [-0.2, 0) is 4.79 Å². The molecular weight excluding hydrogens is 156 g/mol. The largest absolute Gasteiger partial charge is 0.481 e. The maximum Gasteiger partial charge on any atom is 0.303 e. The molecule has 0 aromatic heterocycles. The van der Waals surface area contributed by atoms with Crippen LogP contribution < -0.4 is 11.5 Å². The summed E-state index contributed by atoms with van der Waals surface area (Å²) in [5.74, 6) is -0.724. The Hall–Kier alpha value is -0.610. The summed E-state index contributed by atoms with van der Waals surface area (Å²) in [5.41, 5.74) is 10.9. The number of carbonyl (C=O) groups is 1. The summed E-state index contributed by atoms with van der Waals surface area (Å²) >= 11 is 0. The van der Waals surface area contributed by atoms with Gasteiger partial charge < -0.3 is 16.6 Å². The smallest absolute Gasteiger partial charge is 0.303 e. The van der Waals surface area contributed by atoms with Gasteiger partial charge in [0.1, 0.15) is 0 Å². The monoisotopic (exact) mass is 174 g/mol. The van der Waals surface area contributed by atoms with Crippen molar-refractivity contribution in [2.45, 2.75) is 38.1 Å². The first-order chi connectivity index (χ1) is 5.66. The molecule has 0 saturated carbocycles. The van der Waals surface area contributed by atoms with E-state index < -0.39 is 5.97 Å². The maximum atomic E-state index is 10.1. The molecule has 4 nitrogen and oxygen atoms in total. The van der Waals surface area contributed by atoms with E-state index in [4.69, 9.17) is 16.6 Å². The molecule has 0 bridgehead atoms. The van der Waals surface area contributed by atoms with Crippen LogP contribution in [0, 0.1) is 0 Å². The second-order valence-electron chi connectivity index (χ2n) is 2.99. The Bertz CT molecular complexity index is 128. The lowest BCUT2D eigenvalue weighted by atomic mass is 10.1. The van der Waals surface area contributed by atoms with Crippen LogP contribution >= 0.6 is 0 Å². The quantitative estimate of drug-likeness (QED) is 0.484. The summed E-state index contributed by atoms with van der Waals surface area (Å²) in [4.78, 5) is 10.1. The van der Waals surface area contributed by atoms with E-state index in [0.29, 0.717) is 6.54 Å². The van der Waals surface area contributed by atoms with Crippen LogP contribution in [-0.4, -0.2) is 23.7 Å². The van der Waals surface area contributed by atoms with Crippen molar-refractivity contribution in [1.29, 1.82) is 0 Å². The first kappa shape index (κ1) is 11.4. The summed E-state index contributed by atoms with van der Waals surface area (Å²) in [6.45, 7) is 0.513. The molecule has 0 spiro atoms. The third-order valence-corrected chi connectivity index (χ3v) is 1.77. The lowest BCUT2D eigenvalue weighted by Gasteiger charge is -2.06. The third kappa shape index (κ3) is 7.50. The van der Waals surface area contributed by atoms with Crippen molar-refractivity contribution in [2.75, 3.05) is 6.54 Å². The van der Waals surface area contributed by atoms with E-state index in [-0.39, 0.29) is 12.5 Å². The number of unbranched alkanes of at least 4 members (excludes halogenated alkanes) is 2. The van der Waals surface area contributed by atoms with Gasteiger partial charge in [0.25, 0.3) is 0 Å². The lowest BCUT2D eigenvalue weighted by molar-refractivity contribution is -0.137. The summed E-state index contributed by atoms with van der Waals surface area (Å²) < 4.78 is 0. The molecule has 0 aromatic rings. The van der Waals surface area contributed by atoms with Crippen LogP contribution in [0.25, 0.3) is 0 Å². The van der Waals surface area contributed by atoms with Gasteiger partial charge in [-0.25, -0.2) is 0 Å². The minimum atomic E-state index is -0.724. The van der Waals surface area contributed by atoms with Crippen molar-refractivity contribution in [3.63, 3.8) is 0 Å². The van der Waals surface area contributed by atoms with Gasteiger partial charge in [-0.2, -0.15) is 0 Å². The van der Waals surface area contributed by atoms with E-state index in [9.17, 15) is 4.79 Å². The average Bonchev–Trinajstić information content (AvgIpc) is 2.03. The number of carboxylic acid groups (broad SMARTS) is 1. The van der Waals surface area contributed by atoms with Crippen molar-refractivity contribution in [1.82, 2.24) is 0 Å². The van der Waals surface area contributed by atoms with Gasteiger partial charge in [-0.3, -0.25) is 4.79 Å². The second kappa shape index (κ2) is 7.06. The Morgan fingerprint density at radius 1 is 1.33 bits per heavy atom. The molecule has 1 unspecified atom stereocenters. The number of aliphatic carboxylic acids is 1. The molecule has 1 atom stereocenters. The van der Waals surface area contributed by atoms with Crippen LogP contribution in [0.1, 0.15) is 32.1 Å². The highest BCUT2D eigenvalue weighted by molar-refractivity contribution is 5.66. The van der Waals surface area contributed by atoms with Gasteiger partial charge in [0.05, 0.1) is 0 Å². The fourth-order valence-electron chi connectivity index (χ4n) is 0.977. The van der Waals surface area contributed by atoms with Crippen LogP contribution in [0.3, 0.4) is 0 Å². The molecule has 0 rings (SSSR count). The molecule has 72 valence electrons. The fraction of sp³-hybridized carbons (Fsp3) is 0.875. The molecular formula is C8H18N2O2. The average molecular weight is 174 g/mol. The van der Waals surface area contributed by atoms with Gasteiger partial charge in [0, 0.05) is 19.0 Å². The Kier molecular flexibility index (Phi) is 6.70. The summed E-state index contributed by atoms with van der Waals surface area (Å²) in [6.07, 6.45) is 3.81. The van der Waals surface area contributed by atoms with Crippen molar-refractivity contribution in [3.8, 4) is 0 Å². The summed E-state index contributed by atoms with van der Waals surface area (Å²) in [6, 6.07) is 0.0785. The normalized spacial score (nSPS) is 12.8. The zero-order chi connectivity index (χ0) is 9.40. The lowest BCUT2D eigenvalue weighted by Crippen LogP contribution is -2.29. The highest BCUT2D eigenvalue weighted by Crippen LogP contribution is 2.03. The zero-order valence-corrected chi connectivity index (χ0v) is 7.33. The number of rotatable bonds is 7. The summed E-state index contributed by atoms with van der Waals surface area (Å²) in [5, 5.41) is 8.32. The molecule has 0 saturated heterocycles. The first-order valence-corrected chi connectivity index (χ1v) is 4.34. The molecule has 0 aliphatic heterocycles. The molecule has 4 heteroatoms. The fourth-order valence-corrected chi connectivity index (χ4v) is 0.977. The van der Waals surface area contributed by atoms with Crippen molar-refractivity contribution in [2.24, 2.45) is 11.5 Å². The van der Waals surface area contributed by atoms with Crippen LogP contribution in [0.4, 0.5) is 0 Å². The number of hydrogen-bond acceptors (Lipinski definition) is 3. The van der Waals surface area contributed by atoms with E-state index in [1.54, 1.807) is 0 Å². The molecule has 12 heavy (non-hydrogen) atoms. The van der Waals surface area contributed by atoms with Gasteiger partial charge in [-0.15, -0.1) is 0 Å². The third-order valence-electron chi connectivity index (χ3n) is 1.77. The standard InChI is InChI=1S/C8H18N2O2/c9-6-7(10)4-2-1-3-5-8(11)12/h7H,1-6,9-10H2,(H,11,12). The molecule has 0 fully saturated rings. The van der Waals surface area contributed by atoms with Crippen molar-refractivity contribution in [3.05, 3.63) is 0 Å². The van der Waals surface area contributed by atoms with E-state index in [2.05, 4.69) is 0 Å². The van der Waals surface area contributed by atoms with Crippen LogP contribution in [0.5, 0.6) is 0 Å². The molecule has 0 aliphatic carbocycles. The highest BCUT2D eigenvalue weighted by atomic mass is 16.4. The minimum Gasteiger partial charge on any atom is -0.481 e. The van der Waals surface area contributed by atoms with Crippen molar-refractivity contribution < 1.29 is 9.90 Å². The van der Waals surface area contributed by atoms with Gasteiger partial charge in [-0.05, 0) is 12.8 Å². The van der Waals surface area contributed by atoms with E-state index in [1.165, 1.54) is 0 Å². The first-order valence-electron chi connectivity index (χ1n) is 4.34. The number of hydrogen-bond donors (Lipinski definition) is 3. The molecule has 0 heterocycles. The van der Waals surface area contributed by atoms with E-state index >= 15 is 0 Å². The Morgan fingerprint density at radius 3 is 2.50 bits per heavy atom. The predicted octanol–water partition coefficient (Wildman–Crippen LogP) is 0.307. The molecule has 5 N–H and O–H groups in total. The van der Waals surface area contributed by atoms with Crippen LogP contribution in [0.15, 0.2) is 0 Å².